The van der Waals surface area contributed by atoms with Crippen molar-refractivity contribution in [2.45, 2.75) is 13.1 Å². The zero-order valence-electron chi connectivity index (χ0n) is 13.0. The highest BCUT2D eigenvalue weighted by atomic mass is 79.9. The van der Waals surface area contributed by atoms with E-state index in [4.69, 9.17) is 4.74 Å². The fourth-order valence-electron chi connectivity index (χ4n) is 1.54. The van der Waals surface area contributed by atoms with Crippen molar-refractivity contribution in [2.24, 2.45) is 0 Å². The third-order valence-electron chi connectivity index (χ3n) is 2.61. The molecule has 0 spiro atoms. The van der Waals surface area contributed by atoms with E-state index in [1.54, 1.807) is 25.9 Å². The summed E-state index contributed by atoms with van der Waals surface area (Å²) in [6.07, 6.45) is -4.18. The predicted octanol–water partition coefficient (Wildman–Crippen LogP) is 3.78. The lowest BCUT2D eigenvalue weighted by atomic mass is 10.2. The SMILES string of the molecule is Br.Br.CCOC(=O)N(CCN(C)C)c1cc(C(F)(F)F)ccn1. The Morgan fingerprint density at radius 2 is 1.87 bits per heavy atom. The molecule has 0 bridgehead atoms. The molecule has 0 saturated carbocycles. The quantitative estimate of drug-likeness (QED) is 0.662. The van der Waals surface area contributed by atoms with Gasteiger partial charge in [0.1, 0.15) is 5.82 Å². The molecule has 10 heteroatoms. The van der Waals surface area contributed by atoms with E-state index in [2.05, 4.69) is 4.98 Å². The van der Waals surface area contributed by atoms with E-state index in [0.717, 1.165) is 23.2 Å². The molecule has 5 nitrogen and oxygen atoms in total. The lowest BCUT2D eigenvalue weighted by Gasteiger charge is -2.23. The lowest BCUT2D eigenvalue weighted by Crippen LogP contribution is -2.37. The van der Waals surface area contributed by atoms with E-state index in [0.29, 0.717) is 6.54 Å². The van der Waals surface area contributed by atoms with Crippen LogP contribution >= 0.6 is 34.0 Å². The molecule has 1 aromatic heterocycles. The van der Waals surface area contributed by atoms with Crippen LogP contribution < -0.4 is 4.90 Å². The van der Waals surface area contributed by atoms with Crippen molar-refractivity contribution >= 4 is 45.9 Å². The summed E-state index contributed by atoms with van der Waals surface area (Å²) < 4.78 is 43.0. The molecule has 23 heavy (non-hydrogen) atoms. The van der Waals surface area contributed by atoms with Gasteiger partial charge in [0.25, 0.3) is 0 Å². The van der Waals surface area contributed by atoms with Crippen molar-refractivity contribution in [3.05, 3.63) is 23.9 Å². The summed E-state index contributed by atoms with van der Waals surface area (Å²) in [5.74, 6) is -0.0786. The molecule has 134 valence electrons. The molecule has 0 N–H and O–H groups in total. The van der Waals surface area contributed by atoms with Crippen LogP contribution in [0.3, 0.4) is 0 Å². The summed E-state index contributed by atoms with van der Waals surface area (Å²) in [6.45, 7) is 2.41. The van der Waals surface area contributed by atoms with Crippen LogP contribution in [0.15, 0.2) is 18.3 Å². The first kappa shape index (κ1) is 24.4. The number of aromatic nitrogens is 1. The fraction of sp³-hybridized carbons (Fsp3) is 0.538. The molecule has 0 fully saturated rings. The number of pyridine rings is 1. The summed E-state index contributed by atoms with van der Waals surface area (Å²) in [4.78, 5) is 18.6. The monoisotopic (exact) mass is 465 g/mol. The normalized spacial score (nSPS) is 10.6. The fourth-order valence-corrected chi connectivity index (χ4v) is 1.54. The number of nitrogens with zero attached hydrogens (tertiary/aromatic N) is 3. The number of halogens is 5. The smallest absolute Gasteiger partial charge is 0.416 e. The number of amides is 1. The third-order valence-corrected chi connectivity index (χ3v) is 2.61. The minimum absolute atomic E-state index is 0. The van der Waals surface area contributed by atoms with Gasteiger partial charge in [-0.2, -0.15) is 13.2 Å². The number of anilines is 1. The zero-order chi connectivity index (χ0) is 16.0. The number of hydrogen-bond donors (Lipinski definition) is 0. The van der Waals surface area contributed by atoms with Crippen molar-refractivity contribution in [3.8, 4) is 0 Å². The van der Waals surface area contributed by atoms with Crippen LogP contribution in [0.1, 0.15) is 12.5 Å². The minimum Gasteiger partial charge on any atom is -0.449 e. The summed E-state index contributed by atoms with van der Waals surface area (Å²) in [5, 5.41) is 0. The topological polar surface area (TPSA) is 45.7 Å². The van der Waals surface area contributed by atoms with Gasteiger partial charge in [0.05, 0.1) is 12.2 Å². The van der Waals surface area contributed by atoms with Gasteiger partial charge >= 0.3 is 12.3 Å². The number of hydrogen-bond acceptors (Lipinski definition) is 4. The maximum Gasteiger partial charge on any atom is 0.416 e. The van der Waals surface area contributed by atoms with E-state index < -0.39 is 17.8 Å². The van der Waals surface area contributed by atoms with Gasteiger partial charge in [-0.05, 0) is 33.2 Å². The molecular weight excluding hydrogens is 447 g/mol. The average Bonchev–Trinajstić information content (AvgIpc) is 2.38. The molecule has 1 heterocycles. The van der Waals surface area contributed by atoms with Gasteiger partial charge in [-0.25, -0.2) is 9.78 Å². The summed E-state index contributed by atoms with van der Waals surface area (Å²) in [5.41, 5.74) is -0.855. The molecule has 0 unspecified atom stereocenters. The Kier molecular flexibility index (Phi) is 11.5. The van der Waals surface area contributed by atoms with Crippen LogP contribution in [0.5, 0.6) is 0 Å². The van der Waals surface area contributed by atoms with E-state index in [-0.39, 0.29) is 52.9 Å². The van der Waals surface area contributed by atoms with E-state index in [9.17, 15) is 18.0 Å². The van der Waals surface area contributed by atoms with Crippen LogP contribution in [-0.2, 0) is 10.9 Å². The Balaban J connectivity index is 0. The van der Waals surface area contributed by atoms with Gasteiger partial charge in [0, 0.05) is 19.3 Å². The highest BCUT2D eigenvalue weighted by molar-refractivity contribution is 8.93. The number of rotatable bonds is 5. The van der Waals surface area contributed by atoms with Gasteiger partial charge in [-0.15, -0.1) is 34.0 Å². The number of ether oxygens (including phenoxy) is 1. The molecule has 1 aromatic rings. The molecule has 0 aliphatic carbocycles. The van der Waals surface area contributed by atoms with E-state index in [1.807, 2.05) is 0 Å². The second-order valence-corrected chi connectivity index (χ2v) is 4.55. The number of likely N-dealkylation sites (N-methyl/N-ethyl adjacent to an activating group) is 1. The highest BCUT2D eigenvalue weighted by Gasteiger charge is 2.32. The number of carbonyl (C=O) groups is 1. The summed E-state index contributed by atoms with van der Waals surface area (Å²) >= 11 is 0. The largest absolute Gasteiger partial charge is 0.449 e. The maximum absolute atomic E-state index is 12.7. The first-order valence-electron chi connectivity index (χ1n) is 6.38. The van der Waals surface area contributed by atoms with Crippen molar-refractivity contribution < 1.29 is 22.7 Å². The molecular formula is C13H20Br2F3N3O2. The van der Waals surface area contributed by atoms with Crippen LogP contribution in [0.4, 0.5) is 23.8 Å². The Hall–Kier alpha value is -0.870. The second-order valence-electron chi connectivity index (χ2n) is 4.55. The number of alkyl halides is 3. The predicted molar refractivity (Wildman–Crippen MR) is 92.8 cm³/mol. The average molecular weight is 467 g/mol. The Labute approximate surface area is 154 Å². The van der Waals surface area contributed by atoms with Gasteiger partial charge in [-0.3, -0.25) is 4.90 Å². The van der Waals surface area contributed by atoms with Gasteiger partial charge in [-0.1, -0.05) is 0 Å². The van der Waals surface area contributed by atoms with Crippen LogP contribution in [0, 0.1) is 0 Å². The molecule has 0 aliphatic rings. The van der Waals surface area contributed by atoms with Gasteiger partial charge in [0.2, 0.25) is 0 Å². The third kappa shape index (κ3) is 7.98. The number of carbonyl (C=O) groups excluding carboxylic acids is 1. The Morgan fingerprint density at radius 3 is 2.35 bits per heavy atom. The molecule has 0 saturated heterocycles. The standard InChI is InChI=1S/C13H18F3N3O2.2BrH/c1-4-21-12(20)19(8-7-18(2)3)11-9-10(5-6-17-11)13(14,15)16;;/h5-6,9H,4,7-8H2,1-3H3;2*1H. The molecule has 1 rings (SSSR count). The second kappa shape index (κ2) is 10.8. The zero-order valence-corrected chi connectivity index (χ0v) is 16.4. The molecule has 0 aromatic carbocycles. The van der Waals surface area contributed by atoms with Crippen molar-refractivity contribution in [1.82, 2.24) is 9.88 Å². The summed E-state index contributed by atoms with van der Waals surface area (Å²) in [6, 6.07) is 1.70. The van der Waals surface area contributed by atoms with Crippen molar-refractivity contribution in [1.29, 1.82) is 0 Å². The van der Waals surface area contributed by atoms with Crippen molar-refractivity contribution in [3.63, 3.8) is 0 Å². The highest BCUT2D eigenvalue weighted by Crippen LogP contribution is 2.30. The molecule has 1 amide bonds. The Morgan fingerprint density at radius 1 is 1.26 bits per heavy atom. The van der Waals surface area contributed by atoms with Crippen LogP contribution in [0.2, 0.25) is 0 Å². The Bertz CT molecular complexity index is 488. The van der Waals surface area contributed by atoms with Gasteiger partial charge in [0.15, 0.2) is 0 Å². The first-order chi connectivity index (χ1) is 9.75. The maximum atomic E-state index is 12.7. The van der Waals surface area contributed by atoms with Gasteiger partial charge < -0.3 is 9.64 Å². The summed E-state index contributed by atoms with van der Waals surface area (Å²) in [7, 11) is 3.59. The molecule has 0 radical (unpaired) electrons. The van der Waals surface area contributed by atoms with E-state index in [1.165, 1.54) is 0 Å². The van der Waals surface area contributed by atoms with Crippen LogP contribution in [-0.4, -0.2) is 49.8 Å². The van der Waals surface area contributed by atoms with E-state index >= 15 is 0 Å². The lowest BCUT2D eigenvalue weighted by molar-refractivity contribution is -0.137. The first-order valence-corrected chi connectivity index (χ1v) is 6.38. The molecule has 0 aliphatic heterocycles. The van der Waals surface area contributed by atoms with Crippen LogP contribution in [0.25, 0.3) is 0 Å². The van der Waals surface area contributed by atoms with Crippen molar-refractivity contribution in [2.75, 3.05) is 38.7 Å². The molecule has 0 atom stereocenters. The minimum atomic E-state index is -4.49.